The molecule has 0 bridgehead atoms. The van der Waals surface area contributed by atoms with Crippen LogP contribution in [0.4, 0.5) is 5.69 Å². The second kappa shape index (κ2) is 4.45. The lowest BCUT2D eigenvalue weighted by atomic mass is 10.1. The van der Waals surface area contributed by atoms with E-state index in [2.05, 4.69) is 10.6 Å². The normalized spacial score (nSPS) is 18.9. The van der Waals surface area contributed by atoms with Gasteiger partial charge in [0.1, 0.15) is 0 Å². The van der Waals surface area contributed by atoms with Crippen molar-refractivity contribution in [2.45, 2.75) is 19.4 Å². The predicted octanol–water partition coefficient (Wildman–Crippen LogP) is 0.994. The largest absolute Gasteiger partial charge is 0.478 e. The fourth-order valence-electron chi connectivity index (χ4n) is 1.89. The summed E-state index contributed by atoms with van der Waals surface area (Å²) >= 11 is 0. The smallest absolute Gasteiger partial charge is 0.337 e. The number of carboxylic acids is 1. The van der Waals surface area contributed by atoms with Crippen LogP contribution >= 0.6 is 0 Å². The van der Waals surface area contributed by atoms with Crippen molar-refractivity contribution >= 4 is 17.6 Å². The molecule has 1 saturated heterocycles. The van der Waals surface area contributed by atoms with Gasteiger partial charge in [-0.05, 0) is 19.1 Å². The summed E-state index contributed by atoms with van der Waals surface area (Å²) in [5, 5.41) is 14.9. The van der Waals surface area contributed by atoms with Gasteiger partial charge < -0.3 is 15.7 Å². The summed E-state index contributed by atoms with van der Waals surface area (Å²) in [6, 6.07) is 5.17. The quantitative estimate of drug-likeness (QED) is 0.729. The highest BCUT2D eigenvalue weighted by atomic mass is 16.4. The molecule has 0 aliphatic carbocycles. The molecule has 0 radical (unpaired) electrons. The van der Waals surface area contributed by atoms with Crippen LogP contribution in [-0.4, -0.2) is 29.6 Å². The first kappa shape index (κ1) is 11.4. The van der Waals surface area contributed by atoms with Crippen molar-refractivity contribution in [2.75, 3.05) is 11.9 Å². The van der Waals surface area contributed by atoms with Crippen molar-refractivity contribution in [1.29, 1.82) is 0 Å². The van der Waals surface area contributed by atoms with Crippen LogP contribution in [0.25, 0.3) is 0 Å². The summed E-state index contributed by atoms with van der Waals surface area (Å²) in [7, 11) is 0. The summed E-state index contributed by atoms with van der Waals surface area (Å²) in [5.74, 6) is -0.972. The lowest BCUT2D eigenvalue weighted by Crippen LogP contribution is -2.23. The number of amides is 1. The van der Waals surface area contributed by atoms with Crippen LogP contribution < -0.4 is 10.6 Å². The maximum atomic E-state index is 11.1. The van der Waals surface area contributed by atoms with Gasteiger partial charge in [0.15, 0.2) is 0 Å². The number of hydrogen-bond donors (Lipinski definition) is 3. The van der Waals surface area contributed by atoms with Crippen LogP contribution in [0.2, 0.25) is 0 Å². The van der Waals surface area contributed by atoms with Crippen LogP contribution in [0.5, 0.6) is 0 Å². The van der Waals surface area contributed by atoms with Crippen LogP contribution in [0.3, 0.4) is 0 Å². The zero-order valence-corrected chi connectivity index (χ0v) is 9.49. The molecule has 0 spiro atoms. The van der Waals surface area contributed by atoms with Gasteiger partial charge in [-0.3, -0.25) is 4.79 Å². The molecule has 1 fully saturated rings. The minimum absolute atomic E-state index is 0.00788. The number of anilines is 1. The number of carbonyl (C=O) groups is 2. The molecule has 1 aromatic rings. The van der Waals surface area contributed by atoms with Gasteiger partial charge >= 0.3 is 5.97 Å². The Morgan fingerprint density at radius 2 is 2.29 bits per heavy atom. The Balaban J connectivity index is 2.20. The van der Waals surface area contributed by atoms with Gasteiger partial charge in [0.25, 0.3) is 0 Å². The molecule has 1 amide bonds. The van der Waals surface area contributed by atoms with E-state index >= 15 is 0 Å². The molecule has 1 aliphatic rings. The number of rotatable bonds is 3. The fourth-order valence-corrected chi connectivity index (χ4v) is 1.89. The standard InChI is InChI=1S/C12H14N2O3/c1-7-2-3-10(9(4-7)12(16)17)14-8-5-11(15)13-6-8/h2-4,8,14H,5-6H2,1H3,(H,13,15)(H,16,17). The minimum Gasteiger partial charge on any atom is -0.478 e. The molecule has 5 heteroatoms. The van der Waals surface area contributed by atoms with E-state index in [9.17, 15) is 9.59 Å². The summed E-state index contributed by atoms with van der Waals surface area (Å²) in [4.78, 5) is 22.1. The Kier molecular flexibility index (Phi) is 2.99. The number of carboxylic acid groups (broad SMARTS) is 1. The van der Waals surface area contributed by atoms with Gasteiger partial charge in [0.05, 0.1) is 11.6 Å². The number of benzene rings is 1. The molecule has 1 aromatic carbocycles. The van der Waals surface area contributed by atoms with Crippen LogP contribution in [0.1, 0.15) is 22.3 Å². The van der Waals surface area contributed by atoms with E-state index in [0.29, 0.717) is 18.7 Å². The maximum absolute atomic E-state index is 11.1. The third kappa shape index (κ3) is 2.55. The van der Waals surface area contributed by atoms with Crippen molar-refractivity contribution in [3.8, 4) is 0 Å². The van der Waals surface area contributed by atoms with Gasteiger partial charge in [-0.1, -0.05) is 11.6 Å². The molecule has 1 atom stereocenters. The molecule has 1 unspecified atom stereocenters. The van der Waals surface area contributed by atoms with E-state index in [0.717, 1.165) is 5.56 Å². The maximum Gasteiger partial charge on any atom is 0.337 e. The van der Waals surface area contributed by atoms with Crippen molar-refractivity contribution in [1.82, 2.24) is 5.32 Å². The summed E-state index contributed by atoms with van der Waals surface area (Å²) < 4.78 is 0. The SMILES string of the molecule is Cc1ccc(NC2CNC(=O)C2)c(C(=O)O)c1. The average molecular weight is 234 g/mol. The lowest BCUT2D eigenvalue weighted by molar-refractivity contribution is -0.119. The number of hydrogen-bond acceptors (Lipinski definition) is 3. The molecular weight excluding hydrogens is 220 g/mol. The Morgan fingerprint density at radius 1 is 1.53 bits per heavy atom. The summed E-state index contributed by atoms with van der Waals surface area (Å²) in [6.45, 7) is 2.38. The van der Waals surface area contributed by atoms with E-state index in [1.807, 2.05) is 13.0 Å². The molecular formula is C12H14N2O3. The van der Waals surface area contributed by atoms with Crippen molar-refractivity contribution in [3.05, 3.63) is 29.3 Å². The molecule has 90 valence electrons. The predicted molar refractivity (Wildman–Crippen MR) is 63.2 cm³/mol. The second-order valence-corrected chi connectivity index (χ2v) is 4.20. The van der Waals surface area contributed by atoms with Crippen LogP contribution in [0, 0.1) is 6.92 Å². The van der Waals surface area contributed by atoms with Gasteiger partial charge in [0, 0.05) is 18.7 Å². The number of carbonyl (C=O) groups excluding carboxylic acids is 1. The first-order valence-electron chi connectivity index (χ1n) is 5.43. The molecule has 5 nitrogen and oxygen atoms in total. The van der Waals surface area contributed by atoms with E-state index in [1.165, 1.54) is 0 Å². The Labute approximate surface area is 98.8 Å². The number of nitrogens with one attached hydrogen (secondary N) is 2. The minimum atomic E-state index is -0.964. The van der Waals surface area contributed by atoms with E-state index in [-0.39, 0.29) is 17.5 Å². The first-order valence-corrected chi connectivity index (χ1v) is 5.43. The molecule has 1 heterocycles. The fraction of sp³-hybridized carbons (Fsp3) is 0.333. The van der Waals surface area contributed by atoms with Crippen LogP contribution in [0.15, 0.2) is 18.2 Å². The second-order valence-electron chi connectivity index (χ2n) is 4.20. The zero-order valence-electron chi connectivity index (χ0n) is 9.49. The third-order valence-corrected chi connectivity index (χ3v) is 2.74. The van der Waals surface area contributed by atoms with Crippen molar-refractivity contribution in [2.24, 2.45) is 0 Å². The average Bonchev–Trinajstić information content (AvgIpc) is 2.66. The highest BCUT2D eigenvalue weighted by Gasteiger charge is 2.22. The van der Waals surface area contributed by atoms with Gasteiger partial charge in [0.2, 0.25) is 5.91 Å². The van der Waals surface area contributed by atoms with E-state index < -0.39 is 5.97 Å². The third-order valence-electron chi connectivity index (χ3n) is 2.74. The Morgan fingerprint density at radius 3 is 2.88 bits per heavy atom. The highest BCUT2D eigenvalue weighted by molar-refractivity contribution is 5.94. The van der Waals surface area contributed by atoms with Gasteiger partial charge in [-0.25, -0.2) is 4.79 Å². The molecule has 2 rings (SSSR count). The van der Waals surface area contributed by atoms with E-state index in [1.54, 1.807) is 12.1 Å². The van der Waals surface area contributed by atoms with Crippen molar-refractivity contribution in [3.63, 3.8) is 0 Å². The monoisotopic (exact) mass is 234 g/mol. The highest BCUT2D eigenvalue weighted by Crippen LogP contribution is 2.19. The molecule has 0 aromatic heterocycles. The zero-order chi connectivity index (χ0) is 12.4. The summed E-state index contributed by atoms with van der Waals surface area (Å²) in [6.07, 6.45) is 0.382. The molecule has 17 heavy (non-hydrogen) atoms. The Hall–Kier alpha value is -2.04. The first-order chi connectivity index (χ1) is 8.06. The topological polar surface area (TPSA) is 78.4 Å². The molecule has 1 aliphatic heterocycles. The van der Waals surface area contributed by atoms with Gasteiger partial charge in [-0.2, -0.15) is 0 Å². The number of aryl methyl sites for hydroxylation is 1. The summed E-state index contributed by atoms with van der Waals surface area (Å²) in [5.41, 5.74) is 1.70. The van der Waals surface area contributed by atoms with Crippen molar-refractivity contribution < 1.29 is 14.7 Å². The lowest BCUT2D eigenvalue weighted by Gasteiger charge is -2.14. The van der Waals surface area contributed by atoms with Gasteiger partial charge in [-0.15, -0.1) is 0 Å². The molecule has 0 saturated carbocycles. The number of aromatic carboxylic acids is 1. The Bertz CT molecular complexity index is 471. The van der Waals surface area contributed by atoms with Crippen LogP contribution in [-0.2, 0) is 4.79 Å². The van der Waals surface area contributed by atoms with E-state index in [4.69, 9.17) is 5.11 Å². The molecule has 3 N–H and O–H groups in total.